The summed E-state index contributed by atoms with van der Waals surface area (Å²) >= 11 is 0. The highest BCUT2D eigenvalue weighted by Gasteiger charge is 2.25. The number of anilines is 1. The lowest BCUT2D eigenvalue weighted by Gasteiger charge is -2.22. The molecule has 9 nitrogen and oxygen atoms in total. The summed E-state index contributed by atoms with van der Waals surface area (Å²) in [6, 6.07) is 17.7. The van der Waals surface area contributed by atoms with Gasteiger partial charge in [-0.3, -0.25) is 4.98 Å². The maximum atomic E-state index is 13.4. The fourth-order valence-corrected chi connectivity index (χ4v) is 4.61. The molecule has 0 atom stereocenters. The molecule has 0 bridgehead atoms. The normalized spacial score (nSPS) is 11.4. The van der Waals surface area contributed by atoms with Crippen LogP contribution in [0.3, 0.4) is 0 Å². The van der Waals surface area contributed by atoms with E-state index in [1.165, 1.54) is 22.8 Å². The van der Waals surface area contributed by atoms with Crippen LogP contribution in [0.5, 0.6) is 0 Å². The molecule has 4 aromatic rings. The van der Waals surface area contributed by atoms with Gasteiger partial charge in [0.15, 0.2) is 0 Å². The van der Waals surface area contributed by atoms with Crippen LogP contribution in [-0.2, 0) is 27.9 Å². The largest absolute Gasteiger partial charge is 0.363 e. The summed E-state index contributed by atoms with van der Waals surface area (Å²) in [5.74, 6) is 0.502. The van der Waals surface area contributed by atoms with Gasteiger partial charge in [0, 0.05) is 31.3 Å². The van der Waals surface area contributed by atoms with Gasteiger partial charge in [0.05, 0.1) is 24.5 Å². The van der Waals surface area contributed by atoms with Crippen molar-refractivity contribution in [3.8, 4) is 5.69 Å². The van der Waals surface area contributed by atoms with E-state index in [1.54, 1.807) is 35.1 Å². The first-order valence-electron chi connectivity index (χ1n) is 10.2. The molecule has 3 heterocycles. The third-order valence-electron chi connectivity index (χ3n) is 4.85. The fourth-order valence-electron chi connectivity index (χ4n) is 3.25. The second-order valence-corrected chi connectivity index (χ2v) is 9.08. The lowest BCUT2D eigenvalue weighted by atomic mass is 10.2. The number of carbonyl (C=O) groups excluding carboxylic acids is 1. The Kier molecular flexibility index (Phi) is 6.86. The molecule has 0 aliphatic heterocycles. The number of hydrogen-bond donors (Lipinski definition) is 1. The molecular formula is C23H22N6O3S. The Bertz CT molecular complexity index is 1290. The van der Waals surface area contributed by atoms with Crippen LogP contribution >= 0.6 is 0 Å². The van der Waals surface area contributed by atoms with E-state index in [2.05, 4.69) is 20.4 Å². The molecule has 0 saturated heterocycles. The summed E-state index contributed by atoms with van der Waals surface area (Å²) in [4.78, 5) is 19.2. The van der Waals surface area contributed by atoms with E-state index in [0.29, 0.717) is 11.5 Å². The number of sulfonamides is 1. The molecule has 0 saturated carbocycles. The fraction of sp³-hybridized carbons (Fsp3) is 0.130. The standard InChI is InChI=1S/C23H22N6O3S/c30-15-13-25-23-6-1-4-20(27-23)18-28(33(31,32)22-5-2-11-24-16-22)17-19-7-9-21(10-8-19)29-14-3-12-26-29/h1-12,14-16H,13,17-18H2,(H,25,27). The van der Waals surface area contributed by atoms with Gasteiger partial charge < -0.3 is 10.1 Å². The Hall–Kier alpha value is -3.89. The van der Waals surface area contributed by atoms with Crippen molar-refractivity contribution >= 4 is 22.1 Å². The smallest absolute Gasteiger partial charge is 0.245 e. The molecule has 0 spiro atoms. The number of pyridine rings is 2. The Labute approximate surface area is 191 Å². The van der Waals surface area contributed by atoms with Crippen LogP contribution in [0.4, 0.5) is 5.82 Å². The Balaban J connectivity index is 1.62. The number of nitrogens with one attached hydrogen (secondary N) is 1. The lowest BCUT2D eigenvalue weighted by Crippen LogP contribution is -2.30. The van der Waals surface area contributed by atoms with Gasteiger partial charge >= 0.3 is 0 Å². The summed E-state index contributed by atoms with van der Waals surface area (Å²) in [5, 5.41) is 7.09. The van der Waals surface area contributed by atoms with E-state index < -0.39 is 10.0 Å². The van der Waals surface area contributed by atoms with E-state index in [4.69, 9.17) is 0 Å². The molecule has 10 heteroatoms. The van der Waals surface area contributed by atoms with Crippen LogP contribution in [0.1, 0.15) is 11.3 Å². The molecule has 0 amide bonds. The van der Waals surface area contributed by atoms with Crippen molar-refractivity contribution in [2.75, 3.05) is 11.9 Å². The lowest BCUT2D eigenvalue weighted by molar-refractivity contribution is -0.106. The quantitative estimate of drug-likeness (QED) is 0.361. The van der Waals surface area contributed by atoms with E-state index in [0.717, 1.165) is 17.5 Å². The van der Waals surface area contributed by atoms with Gasteiger partial charge in [0.1, 0.15) is 17.0 Å². The third-order valence-corrected chi connectivity index (χ3v) is 6.62. The summed E-state index contributed by atoms with van der Waals surface area (Å²) in [7, 11) is -3.84. The summed E-state index contributed by atoms with van der Waals surface area (Å²) in [5.41, 5.74) is 2.24. The van der Waals surface area contributed by atoms with Crippen molar-refractivity contribution < 1.29 is 13.2 Å². The predicted octanol–water partition coefficient (Wildman–Crippen LogP) is 2.66. The maximum absolute atomic E-state index is 13.4. The summed E-state index contributed by atoms with van der Waals surface area (Å²) < 4.78 is 30.0. The van der Waals surface area contributed by atoms with Crippen molar-refractivity contribution in [1.29, 1.82) is 0 Å². The predicted molar refractivity (Wildman–Crippen MR) is 123 cm³/mol. The number of carbonyl (C=O) groups is 1. The first-order chi connectivity index (χ1) is 16.1. The van der Waals surface area contributed by atoms with Gasteiger partial charge in [-0.25, -0.2) is 18.1 Å². The van der Waals surface area contributed by atoms with Crippen molar-refractivity contribution in [1.82, 2.24) is 24.1 Å². The molecule has 0 aliphatic carbocycles. The van der Waals surface area contributed by atoms with Crippen LogP contribution in [0.2, 0.25) is 0 Å². The highest BCUT2D eigenvalue weighted by molar-refractivity contribution is 7.89. The van der Waals surface area contributed by atoms with Crippen LogP contribution < -0.4 is 5.32 Å². The Morgan fingerprint density at radius 3 is 2.52 bits per heavy atom. The highest BCUT2D eigenvalue weighted by Crippen LogP contribution is 2.21. The average molecular weight is 463 g/mol. The molecule has 168 valence electrons. The van der Waals surface area contributed by atoms with Crippen LogP contribution in [0.25, 0.3) is 5.69 Å². The monoisotopic (exact) mass is 462 g/mol. The van der Waals surface area contributed by atoms with E-state index in [9.17, 15) is 13.2 Å². The van der Waals surface area contributed by atoms with Crippen LogP contribution in [-0.4, -0.2) is 45.3 Å². The van der Waals surface area contributed by atoms with E-state index in [1.807, 2.05) is 36.5 Å². The SMILES string of the molecule is O=CCNc1cccc(CN(Cc2ccc(-n3cccn3)cc2)S(=O)(=O)c2cccnc2)n1. The number of nitrogens with zero attached hydrogens (tertiary/aromatic N) is 5. The number of aldehydes is 1. The second kappa shape index (κ2) is 10.2. The zero-order valence-electron chi connectivity index (χ0n) is 17.7. The number of hydrogen-bond acceptors (Lipinski definition) is 7. The molecule has 1 aromatic carbocycles. The van der Waals surface area contributed by atoms with Gasteiger partial charge in [-0.2, -0.15) is 9.40 Å². The van der Waals surface area contributed by atoms with Gasteiger partial charge in [-0.15, -0.1) is 0 Å². The van der Waals surface area contributed by atoms with Crippen LogP contribution in [0.15, 0.2) is 90.3 Å². The van der Waals surface area contributed by atoms with Gasteiger partial charge in [0.2, 0.25) is 10.0 Å². The minimum Gasteiger partial charge on any atom is -0.363 e. The van der Waals surface area contributed by atoms with E-state index >= 15 is 0 Å². The molecule has 4 rings (SSSR count). The van der Waals surface area contributed by atoms with Gasteiger partial charge in [0.25, 0.3) is 0 Å². The van der Waals surface area contributed by atoms with Gasteiger partial charge in [-0.1, -0.05) is 18.2 Å². The van der Waals surface area contributed by atoms with Crippen molar-refractivity contribution in [3.05, 3.63) is 96.7 Å². The molecule has 3 aromatic heterocycles. The highest BCUT2D eigenvalue weighted by atomic mass is 32.2. The first kappa shape index (κ1) is 22.3. The topological polar surface area (TPSA) is 110 Å². The summed E-state index contributed by atoms with van der Waals surface area (Å²) in [6.45, 7) is 0.315. The van der Waals surface area contributed by atoms with E-state index in [-0.39, 0.29) is 24.5 Å². The van der Waals surface area contributed by atoms with Crippen molar-refractivity contribution in [2.24, 2.45) is 0 Å². The summed E-state index contributed by atoms with van der Waals surface area (Å²) in [6.07, 6.45) is 7.13. The number of aromatic nitrogens is 4. The first-order valence-corrected chi connectivity index (χ1v) is 11.6. The Morgan fingerprint density at radius 2 is 1.82 bits per heavy atom. The molecular weight excluding hydrogens is 440 g/mol. The number of benzene rings is 1. The molecule has 1 N–H and O–H groups in total. The Morgan fingerprint density at radius 1 is 0.970 bits per heavy atom. The zero-order chi connectivity index (χ0) is 23.1. The third kappa shape index (κ3) is 5.48. The minimum atomic E-state index is -3.84. The average Bonchev–Trinajstić information content (AvgIpc) is 3.39. The molecule has 0 radical (unpaired) electrons. The number of rotatable bonds is 10. The maximum Gasteiger partial charge on any atom is 0.245 e. The van der Waals surface area contributed by atoms with Gasteiger partial charge in [-0.05, 0) is 48.0 Å². The second-order valence-electron chi connectivity index (χ2n) is 7.14. The van der Waals surface area contributed by atoms with Crippen molar-refractivity contribution in [2.45, 2.75) is 18.0 Å². The minimum absolute atomic E-state index is 0.0503. The molecule has 0 aliphatic rings. The molecule has 0 fully saturated rings. The zero-order valence-corrected chi connectivity index (χ0v) is 18.5. The molecule has 0 unspecified atom stereocenters. The van der Waals surface area contributed by atoms with Crippen molar-refractivity contribution in [3.63, 3.8) is 0 Å². The molecule has 33 heavy (non-hydrogen) atoms. The van der Waals surface area contributed by atoms with Crippen LogP contribution in [0, 0.1) is 0 Å².